The van der Waals surface area contributed by atoms with E-state index >= 15 is 0 Å². The summed E-state index contributed by atoms with van der Waals surface area (Å²) in [5, 5.41) is 10.5. The maximum absolute atomic E-state index is 13.3. The summed E-state index contributed by atoms with van der Waals surface area (Å²) in [6, 6.07) is 4.56. The van der Waals surface area contributed by atoms with E-state index in [4.69, 9.17) is 0 Å². The number of benzene rings is 1. The molecule has 1 aromatic carbocycles. The van der Waals surface area contributed by atoms with Gasteiger partial charge in [-0.25, -0.2) is 4.39 Å². The lowest BCUT2D eigenvalue weighted by Crippen LogP contribution is -2.46. The van der Waals surface area contributed by atoms with Gasteiger partial charge in [0.2, 0.25) is 0 Å². The van der Waals surface area contributed by atoms with Crippen molar-refractivity contribution in [2.75, 3.05) is 14.1 Å². The molecule has 1 aromatic rings. The molecule has 0 aliphatic heterocycles. The molecule has 1 rings (SSSR count). The number of hydrogen-bond acceptors (Lipinski definition) is 2. The summed E-state index contributed by atoms with van der Waals surface area (Å²) in [6.07, 6.45) is 0.0927. The highest BCUT2D eigenvalue weighted by atomic mass is 19.1. The predicted octanol–water partition coefficient (Wildman–Crippen LogP) is 2.90. The van der Waals surface area contributed by atoms with Crippen LogP contribution < -0.4 is 0 Å². The maximum atomic E-state index is 13.3. The smallest absolute Gasteiger partial charge is 0.123 e. The third kappa shape index (κ3) is 2.67. The van der Waals surface area contributed by atoms with Crippen molar-refractivity contribution < 1.29 is 9.50 Å². The van der Waals surface area contributed by atoms with Crippen LogP contribution in [0.15, 0.2) is 18.2 Å². The van der Waals surface area contributed by atoms with Gasteiger partial charge >= 0.3 is 0 Å². The monoisotopic (exact) mass is 239 g/mol. The van der Waals surface area contributed by atoms with E-state index in [9.17, 15) is 9.50 Å². The van der Waals surface area contributed by atoms with Crippen LogP contribution in [0.1, 0.15) is 37.5 Å². The molecule has 0 aliphatic rings. The first kappa shape index (κ1) is 14.1. The van der Waals surface area contributed by atoms with Crippen LogP contribution in [-0.2, 0) is 0 Å². The molecule has 0 spiro atoms. The Labute approximate surface area is 103 Å². The third-order valence-corrected chi connectivity index (χ3v) is 3.86. The van der Waals surface area contributed by atoms with Crippen LogP contribution in [0.4, 0.5) is 4.39 Å². The van der Waals surface area contributed by atoms with E-state index in [1.54, 1.807) is 6.07 Å². The molecule has 0 amide bonds. The molecule has 0 saturated carbocycles. The lowest BCUT2D eigenvalue weighted by atomic mass is 9.84. The molecule has 17 heavy (non-hydrogen) atoms. The Kier molecular flexibility index (Phi) is 4.28. The SMILES string of the molecule is CCC(C)(C(O)c1cc(F)ccc1C)N(C)C. The van der Waals surface area contributed by atoms with Crippen molar-refractivity contribution in [3.05, 3.63) is 35.1 Å². The van der Waals surface area contributed by atoms with Crippen molar-refractivity contribution in [2.45, 2.75) is 38.8 Å². The lowest BCUT2D eigenvalue weighted by molar-refractivity contribution is 0.000343. The van der Waals surface area contributed by atoms with E-state index in [2.05, 4.69) is 0 Å². The van der Waals surface area contributed by atoms with Crippen molar-refractivity contribution in [2.24, 2.45) is 0 Å². The highest BCUT2D eigenvalue weighted by Gasteiger charge is 2.35. The summed E-state index contributed by atoms with van der Waals surface area (Å²) in [6.45, 7) is 5.91. The standard InChI is InChI=1S/C14H22FNO/c1-6-14(3,16(4)5)13(17)12-9-11(15)8-7-10(12)2/h7-9,13,17H,6H2,1-5H3. The molecule has 2 nitrogen and oxygen atoms in total. The van der Waals surface area contributed by atoms with E-state index in [-0.39, 0.29) is 5.82 Å². The fraction of sp³-hybridized carbons (Fsp3) is 0.571. The van der Waals surface area contributed by atoms with Crippen molar-refractivity contribution in [1.82, 2.24) is 4.90 Å². The number of hydrogen-bond donors (Lipinski definition) is 1. The summed E-state index contributed by atoms with van der Waals surface area (Å²) in [5.41, 5.74) is 1.20. The molecular weight excluding hydrogens is 217 g/mol. The number of halogens is 1. The molecule has 0 aromatic heterocycles. The van der Waals surface area contributed by atoms with Gasteiger partial charge < -0.3 is 10.0 Å². The van der Waals surface area contributed by atoms with E-state index in [0.29, 0.717) is 5.56 Å². The fourth-order valence-electron chi connectivity index (χ4n) is 2.00. The van der Waals surface area contributed by atoms with Gasteiger partial charge in [0.05, 0.1) is 6.10 Å². The lowest BCUT2D eigenvalue weighted by Gasteiger charge is -2.40. The third-order valence-electron chi connectivity index (χ3n) is 3.86. The second-order valence-electron chi connectivity index (χ2n) is 5.01. The first-order valence-corrected chi connectivity index (χ1v) is 5.94. The Morgan fingerprint density at radius 1 is 1.41 bits per heavy atom. The Hall–Kier alpha value is -0.930. The summed E-state index contributed by atoms with van der Waals surface area (Å²) >= 11 is 0. The Morgan fingerprint density at radius 2 is 2.00 bits per heavy atom. The zero-order valence-corrected chi connectivity index (χ0v) is 11.3. The van der Waals surface area contributed by atoms with Crippen LogP contribution in [-0.4, -0.2) is 29.6 Å². The first-order chi connectivity index (χ1) is 7.82. The van der Waals surface area contributed by atoms with Crippen molar-refractivity contribution >= 4 is 0 Å². The van der Waals surface area contributed by atoms with Gasteiger partial charge in [-0.05, 0) is 57.6 Å². The normalized spacial score (nSPS) is 16.9. The minimum Gasteiger partial charge on any atom is -0.386 e. The number of likely N-dealkylation sites (N-methyl/N-ethyl adjacent to an activating group) is 1. The molecule has 1 N–H and O–H groups in total. The molecule has 3 heteroatoms. The molecule has 0 bridgehead atoms. The molecule has 96 valence electrons. The van der Waals surface area contributed by atoms with Gasteiger partial charge in [0.1, 0.15) is 5.82 Å². The first-order valence-electron chi connectivity index (χ1n) is 5.94. The van der Waals surface area contributed by atoms with Gasteiger partial charge in [0.25, 0.3) is 0 Å². The van der Waals surface area contributed by atoms with Crippen LogP contribution in [0.2, 0.25) is 0 Å². The van der Waals surface area contributed by atoms with Gasteiger partial charge in [-0.1, -0.05) is 13.0 Å². The number of aliphatic hydroxyl groups is 1. The minimum atomic E-state index is -0.696. The number of aliphatic hydroxyl groups excluding tert-OH is 1. The average molecular weight is 239 g/mol. The summed E-state index contributed by atoms with van der Waals surface area (Å²) < 4.78 is 13.3. The Morgan fingerprint density at radius 3 is 2.47 bits per heavy atom. The maximum Gasteiger partial charge on any atom is 0.123 e. The van der Waals surface area contributed by atoms with Gasteiger partial charge in [-0.15, -0.1) is 0 Å². The van der Waals surface area contributed by atoms with Crippen LogP contribution in [0.25, 0.3) is 0 Å². The van der Waals surface area contributed by atoms with Crippen molar-refractivity contribution in [1.29, 1.82) is 0 Å². The zero-order chi connectivity index (χ0) is 13.2. The summed E-state index contributed by atoms with van der Waals surface area (Å²) in [4.78, 5) is 1.99. The Balaban J connectivity index is 3.18. The molecule has 0 radical (unpaired) electrons. The van der Waals surface area contributed by atoms with Crippen LogP contribution in [0.5, 0.6) is 0 Å². The highest BCUT2D eigenvalue weighted by Crippen LogP contribution is 2.34. The summed E-state index contributed by atoms with van der Waals surface area (Å²) in [5.74, 6) is -0.304. The summed E-state index contributed by atoms with van der Waals surface area (Å²) in [7, 11) is 3.86. The van der Waals surface area contributed by atoms with E-state index in [0.717, 1.165) is 12.0 Å². The van der Waals surface area contributed by atoms with Crippen molar-refractivity contribution in [3.8, 4) is 0 Å². The molecule has 2 unspecified atom stereocenters. The van der Waals surface area contributed by atoms with Gasteiger partial charge in [0.15, 0.2) is 0 Å². The fourth-order valence-corrected chi connectivity index (χ4v) is 2.00. The Bertz CT molecular complexity index is 392. The molecule has 0 fully saturated rings. The van der Waals surface area contributed by atoms with E-state index in [1.165, 1.54) is 12.1 Å². The minimum absolute atomic E-state index is 0.304. The topological polar surface area (TPSA) is 23.5 Å². The van der Waals surface area contributed by atoms with Crippen LogP contribution in [0.3, 0.4) is 0 Å². The van der Waals surface area contributed by atoms with Gasteiger partial charge in [-0.3, -0.25) is 0 Å². The van der Waals surface area contributed by atoms with Gasteiger partial charge in [-0.2, -0.15) is 0 Å². The highest BCUT2D eigenvalue weighted by molar-refractivity contribution is 5.30. The second kappa shape index (κ2) is 5.15. The zero-order valence-electron chi connectivity index (χ0n) is 11.3. The van der Waals surface area contributed by atoms with E-state index in [1.807, 2.05) is 39.8 Å². The number of aryl methyl sites for hydroxylation is 1. The largest absolute Gasteiger partial charge is 0.386 e. The molecule has 0 heterocycles. The van der Waals surface area contributed by atoms with Crippen molar-refractivity contribution in [3.63, 3.8) is 0 Å². The molecule has 0 aliphatic carbocycles. The average Bonchev–Trinajstić information content (AvgIpc) is 2.30. The quantitative estimate of drug-likeness (QED) is 0.873. The molecule has 0 saturated heterocycles. The van der Waals surface area contributed by atoms with E-state index < -0.39 is 11.6 Å². The van der Waals surface area contributed by atoms with Crippen LogP contribution >= 0.6 is 0 Å². The number of nitrogens with zero attached hydrogens (tertiary/aromatic N) is 1. The number of rotatable bonds is 4. The molecular formula is C14H22FNO. The van der Waals surface area contributed by atoms with Crippen LogP contribution in [0, 0.1) is 12.7 Å². The molecule has 2 atom stereocenters. The predicted molar refractivity (Wildman–Crippen MR) is 68.5 cm³/mol. The second-order valence-corrected chi connectivity index (χ2v) is 5.01. The van der Waals surface area contributed by atoms with Gasteiger partial charge in [0, 0.05) is 5.54 Å².